The fourth-order valence-electron chi connectivity index (χ4n) is 3.14. The highest BCUT2D eigenvalue weighted by atomic mass is 16.5. The summed E-state index contributed by atoms with van der Waals surface area (Å²) in [5.74, 6) is -3.29. The standard InChI is InChI=1S/C14H25N3O8/c1-14(17(6-12(22)23)7-13(24)25)8-15(4-10(18)19)2-3-16(9-14)5-11(20)21/h12,22-23H,2-9H2,1H3,(H,18,19)(H,20,21)(H,24,25). The van der Waals surface area contributed by atoms with Crippen LogP contribution in [-0.2, 0) is 14.4 Å². The van der Waals surface area contributed by atoms with E-state index in [-0.39, 0.29) is 32.7 Å². The molecule has 0 atom stereocenters. The summed E-state index contributed by atoms with van der Waals surface area (Å²) >= 11 is 0. The number of β-amino-alcohol motifs (C(OH)–C–C–N with tert-alkyl or cyclic N) is 2. The zero-order valence-corrected chi connectivity index (χ0v) is 14.0. The molecule has 1 rings (SSSR count). The average molecular weight is 363 g/mol. The molecule has 0 unspecified atom stereocenters. The molecule has 1 fully saturated rings. The van der Waals surface area contributed by atoms with Gasteiger partial charge in [0.15, 0.2) is 6.29 Å². The third-order valence-electron chi connectivity index (χ3n) is 4.05. The van der Waals surface area contributed by atoms with Crippen LogP contribution in [0, 0.1) is 0 Å². The Hall–Kier alpha value is -1.79. The molecular formula is C14H25N3O8. The minimum absolute atomic E-state index is 0.148. The minimum atomic E-state index is -1.78. The smallest absolute Gasteiger partial charge is 0.317 e. The number of hydrogen-bond acceptors (Lipinski definition) is 8. The maximum Gasteiger partial charge on any atom is 0.317 e. The summed E-state index contributed by atoms with van der Waals surface area (Å²) in [6, 6.07) is 0. The van der Waals surface area contributed by atoms with E-state index in [9.17, 15) is 24.6 Å². The molecule has 0 bridgehead atoms. The van der Waals surface area contributed by atoms with Crippen LogP contribution in [0.3, 0.4) is 0 Å². The third-order valence-corrected chi connectivity index (χ3v) is 4.05. The first kappa shape index (κ1) is 21.3. The number of carbonyl (C=O) groups is 3. The SMILES string of the molecule is CC1(N(CC(=O)O)CC(O)O)CN(CC(=O)O)CCN(CC(=O)O)C1. The second-order valence-corrected chi connectivity index (χ2v) is 6.46. The predicted octanol–water partition coefficient (Wildman–Crippen LogP) is -2.77. The Morgan fingerprint density at radius 2 is 1.40 bits per heavy atom. The van der Waals surface area contributed by atoms with Gasteiger partial charge in [-0.15, -0.1) is 0 Å². The second kappa shape index (κ2) is 9.06. The number of aliphatic hydroxyl groups excluding tert-OH is 1. The van der Waals surface area contributed by atoms with Crippen molar-refractivity contribution in [2.24, 2.45) is 0 Å². The van der Waals surface area contributed by atoms with Crippen LogP contribution >= 0.6 is 0 Å². The minimum Gasteiger partial charge on any atom is -0.480 e. The molecule has 11 nitrogen and oxygen atoms in total. The second-order valence-electron chi connectivity index (χ2n) is 6.46. The summed E-state index contributed by atoms with van der Waals surface area (Å²) in [5, 5.41) is 45.7. The van der Waals surface area contributed by atoms with Crippen molar-refractivity contribution < 1.29 is 39.9 Å². The lowest BCUT2D eigenvalue weighted by molar-refractivity contribution is -0.146. The van der Waals surface area contributed by atoms with E-state index in [1.807, 2.05) is 0 Å². The van der Waals surface area contributed by atoms with Crippen LogP contribution in [0.25, 0.3) is 0 Å². The Balaban J connectivity index is 3.10. The van der Waals surface area contributed by atoms with Crippen molar-refractivity contribution in [3.8, 4) is 0 Å². The van der Waals surface area contributed by atoms with E-state index in [2.05, 4.69) is 0 Å². The molecule has 1 aliphatic heterocycles. The van der Waals surface area contributed by atoms with Crippen molar-refractivity contribution in [2.75, 3.05) is 52.4 Å². The van der Waals surface area contributed by atoms with E-state index in [0.29, 0.717) is 13.1 Å². The number of hydrogen-bond donors (Lipinski definition) is 5. The van der Waals surface area contributed by atoms with Gasteiger partial charge < -0.3 is 25.5 Å². The highest BCUT2D eigenvalue weighted by Crippen LogP contribution is 2.22. The maximum absolute atomic E-state index is 11.2. The molecular weight excluding hydrogens is 338 g/mol. The summed E-state index contributed by atoms with van der Waals surface area (Å²) in [6.45, 7) is 1.16. The van der Waals surface area contributed by atoms with Gasteiger partial charge in [0.1, 0.15) is 0 Å². The van der Waals surface area contributed by atoms with Crippen LogP contribution in [0.15, 0.2) is 0 Å². The summed E-state index contributed by atoms with van der Waals surface area (Å²) in [6.07, 6.45) is -1.78. The lowest BCUT2D eigenvalue weighted by Crippen LogP contribution is -2.60. The first-order valence-corrected chi connectivity index (χ1v) is 7.73. The van der Waals surface area contributed by atoms with Crippen LogP contribution in [0.5, 0.6) is 0 Å². The van der Waals surface area contributed by atoms with Gasteiger partial charge in [-0.2, -0.15) is 0 Å². The molecule has 25 heavy (non-hydrogen) atoms. The Kier molecular flexibility index (Phi) is 7.70. The fraction of sp³-hybridized carbons (Fsp3) is 0.786. The quantitative estimate of drug-likeness (QED) is 0.270. The van der Waals surface area contributed by atoms with Gasteiger partial charge in [0.2, 0.25) is 0 Å². The van der Waals surface area contributed by atoms with Crippen LogP contribution < -0.4 is 0 Å². The summed E-state index contributed by atoms with van der Waals surface area (Å²) in [7, 11) is 0. The average Bonchev–Trinajstić information content (AvgIpc) is 2.55. The molecule has 5 N–H and O–H groups in total. The molecule has 0 amide bonds. The van der Waals surface area contributed by atoms with E-state index in [1.54, 1.807) is 16.7 Å². The zero-order valence-electron chi connectivity index (χ0n) is 14.0. The van der Waals surface area contributed by atoms with Crippen LogP contribution in [0.4, 0.5) is 0 Å². The molecule has 144 valence electrons. The van der Waals surface area contributed by atoms with Crippen molar-refractivity contribution in [2.45, 2.75) is 18.8 Å². The van der Waals surface area contributed by atoms with Crippen LogP contribution in [-0.4, -0.2) is 122 Å². The predicted molar refractivity (Wildman–Crippen MR) is 84.0 cm³/mol. The highest BCUT2D eigenvalue weighted by Gasteiger charge is 2.40. The van der Waals surface area contributed by atoms with Crippen molar-refractivity contribution in [1.29, 1.82) is 0 Å². The molecule has 0 aromatic heterocycles. The van der Waals surface area contributed by atoms with Gasteiger partial charge in [0.05, 0.1) is 26.2 Å². The Bertz CT molecular complexity index is 472. The van der Waals surface area contributed by atoms with Gasteiger partial charge >= 0.3 is 17.9 Å². The first-order valence-electron chi connectivity index (χ1n) is 7.73. The lowest BCUT2D eigenvalue weighted by Gasteiger charge is -2.43. The number of rotatable bonds is 9. The summed E-state index contributed by atoms with van der Waals surface area (Å²) in [4.78, 5) is 37.7. The van der Waals surface area contributed by atoms with E-state index in [1.165, 1.54) is 4.90 Å². The largest absolute Gasteiger partial charge is 0.480 e. The first-order chi connectivity index (χ1) is 11.5. The van der Waals surface area contributed by atoms with Gasteiger partial charge in [-0.05, 0) is 6.92 Å². The molecule has 0 saturated carbocycles. The Morgan fingerprint density at radius 3 is 1.72 bits per heavy atom. The molecule has 0 spiro atoms. The monoisotopic (exact) mass is 363 g/mol. The van der Waals surface area contributed by atoms with Crippen molar-refractivity contribution >= 4 is 17.9 Å². The van der Waals surface area contributed by atoms with E-state index >= 15 is 0 Å². The number of carboxylic acids is 3. The van der Waals surface area contributed by atoms with Gasteiger partial charge in [-0.25, -0.2) is 0 Å². The normalized spacial score (nSPS) is 19.1. The fourth-order valence-corrected chi connectivity index (χ4v) is 3.14. The van der Waals surface area contributed by atoms with Gasteiger partial charge in [-0.1, -0.05) is 0 Å². The molecule has 0 aromatic rings. The molecule has 0 aromatic carbocycles. The Morgan fingerprint density at radius 1 is 0.960 bits per heavy atom. The van der Waals surface area contributed by atoms with E-state index in [0.717, 1.165) is 0 Å². The molecule has 11 heteroatoms. The van der Waals surface area contributed by atoms with Crippen molar-refractivity contribution in [1.82, 2.24) is 14.7 Å². The van der Waals surface area contributed by atoms with Gasteiger partial charge in [-0.3, -0.25) is 29.1 Å². The third kappa shape index (κ3) is 7.32. The number of aliphatic carboxylic acids is 3. The summed E-state index contributed by atoms with van der Waals surface area (Å²) < 4.78 is 0. The van der Waals surface area contributed by atoms with Gasteiger partial charge in [0.25, 0.3) is 0 Å². The molecule has 1 heterocycles. The summed E-state index contributed by atoms with van der Waals surface area (Å²) in [5.41, 5.74) is -0.983. The van der Waals surface area contributed by atoms with Crippen LogP contribution in [0.1, 0.15) is 6.92 Å². The Labute approximate surface area is 144 Å². The van der Waals surface area contributed by atoms with Gasteiger partial charge in [0, 0.05) is 31.7 Å². The number of carboxylic acid groups (broad SMARTS) is 3. The number of aliphatic hydroxyl groups is 2. The van der Waals surface area contributed by atoms with Crippen molar-refractivity contribution in [3.63, 3.8) is 0 Å². The molecule has 0 aliphatic carbocycles. The van der Waals surface area contributed by atoms with Crippen LogP contribution in [0.2, 0.25) is 0 Å². The lowest BCUT2D eigenvalue weighted by atomic mass is 9.98. The zero-order chi connectivity index (χ0) is 19.2. The molecule has 1 saturated heterocycles. The van der Waals surface area contributed by atoms with Crippen molar-refractivity contribution in [3.05, 3.63) is 0 Å². The van der Waals surface area contributed by atoms with E-state index in [4.69, 9.17) is 15.3 Å². The maximum atomic E-state index is 11.2. The molecule has 1 aliphatic rings. The van der Waals surface area contributed by atoms with E-state index < -0.39 is 36.3 Å². The number of nitrogens with zero attached hydrogens (tertiary/aromatic N) is 3. The highest BCUT2D eigenvalue weighted by molar-refractivity contribution is 5.70. The topological polar surface area (TPSA) is 162 Å². The molecule has 0 radical (unpaired) electrons.